The van der Waals surface area contributed by atoms with Gasteiger partial charge in [-0.2, -0.15) is 0 Å². The Bertz CT molecular complexity index is 1090. The minimum Gasteiger partial charge on any atom is -0.457 e. The van der Waals surface area contributed by atoms with Crippen molar-refractivity contribution in [2.45, 2.75) is 77.7 Å². The van der Waals surface area contributed by atoms with Crippen LogP contribution in [0.1, 0.15) is 60.3 Å². The van der Waals surface area contributed by atoms with Crippen LogP contribution < -0.4 is 0 Å². The third-order valence-electron chi connectivity index (χ3n) is 9.38. The minimum atomic E-state index is -2.14. The largest absolute Gasteiger partial charge is 0.457 e. The number of rotatable bonds is 6. The molecule has 0 aromatic rings. The van der Waals surface area contributed by atoms with Gasteiger partial charge < -0.3 is 14.6 Å². The van der Waals surface area contributed by atoms with E-state index in [1.165, 1.54) is 18.2 Å². The van der Waals surface area contributed by atoms with Crippen LogP contribution >= 0.6 is 0 Å². The summed E-state index contributed by atoms with van der Waals surface area (Å²) >= 11 is 0. The van der Waals surface area contributed by atoms with E-state index in [-0.39, 0.29) is 25.0 Å². The summed E-state index contributed by atoms with van der Waals surface area (Å²) in [6.07, 6.45) is 6.51. The Hall–Kier alpha value is -2.61. The molecule has 36 heavy (non-hydrogen) atoms. The predicted molar refractivity (Wildman–Crippen MR) is 128 cm³/mol. The van der Waals surface area contributed by atoms with Gasteiger partial charge in [0.25, 0.3) is 0 Å². The Labute approximate surface area is 210 Å². The van der Waals surface area contributed by atoms with E-state index < -0.39 is 70.3 Å². The number of fused-ring (bicyclic) bond motifs is 5. The molecule has 0 aliphatic heterocycles. The molecular formula is C28H35FO7. The van der Waals surface area contributed by atoms with Crippen LogP contribution in [0.4, 0.5) is 4.39 Å². The number of aliphatic hydroxyl groups is 1. The van der Waals surface area contributed by atoms with Crippen LogP contribution in [0.2, 0.25) is 0 Å². The van der Waals surface area contributed by atoms with Gasteiger partial charge in [-0.15, -0.1) is 0 Å². The third kappa shape index (κ3) is 3.32. The first-order chi connectivity index (χ1) is 16.8. The second-order valence-electron chi connectivity index (χ2n) is 11.1. The zero-order chi connectivity index (χ0) is 26.7. The van der Waals surface area contributed by atoms with E-state index in [0.29, 0.717) is 12.0 Å². The molecule has 4 aliphatic rings. The van der Waals surface area contributed by atoms with Gasteiger partial charge in [0.2, 0.25) is 5.78 Å². The van der Waals surface area contributed by atoms with E-state index in [0.717, 1.165) is 0 Å². The van der Waals surface area contributed by atoms with Gasteiger partial charge in [0.15, 0.2) is 23.7 Å². The van der Waals surface area contributed by atoms with E-state index >= 15 is 4.39 Å². The molecule has 2 fully saturated rings. The van der Waals surface area contributed by atoms with Gasteiger partial charge in [-0.05, 0) is 43.4 Å². The number of ether oxygens (including phenoxy) is 2. The third-order valence-corrected chi connectivity index (χ3v) is 9.38. The number of carbonyl (C=O) groups is 4. The van der Waals surface area contributed by atoms with Gasteiger partial charge in [0.05, 0.1) is 6.10 Å². The average molecular weight is 503 g/mol. The van der Waals surface area contributed by atoms with Crippen molar-refractivity contribution >= 4 is 23.5 Å². The fraction of sp³-hybridized carbons (Fsp3) is 0.643. The molecule has 0 unspecified atom stereocenters. The number of allylic oxidation sites excluding steroid dienone is 6. The van der Waals surface area contributed by atoms with Crippen molar-refractivity contribution in [3.05, 3.63) is 36.0 Å². The molecule has 0 amide bonds. The predicted octanol–water partition coefficient (Wildman–Crippen LogP) is 3.59. The van der Waals surface area contributed by atoms with E-state index in [9.17, 15) is 24.3 Å². The Morgan fingerprint density at radius 3 is 2.44 bits per heavy atom. The van der Waals surface area contributed by atoms with Crippen LogP contribution in [0.3, 0.4) is 0 Å². The van der Waals surface area contributed by atoms with Crippen molar-refractivity contribution in [1.29, 1.82) is 0 Å². The Morgan fingerprint density at radius 2 is 1.81 bits per heavy atom. The lowest BCUT2D eigenvalue weighted by atomic mass is 9.46. The maximum atomic E-state index is 17.3. The summed E-state index contributed by atoms with van der Waals surface area (Å²) in [6, 6.07) is 0. The number of carbonyl (C=O) groups excluding carboxylic acids is 4. The summed E-state index contributed by atoms with van der Waals surface area (Å²) in [5.41, 5.74) is -5.70. The highest BCUT2D eigenvalue weighted by Gasteiger charge is 2.76. The second-order valence-corrected chi connectivity index (χ2v) is 11.1. The maximum Gasteiger partial charge on any atom is 0.306 e. The lowest BCUT2D eigenvalue weighted by Gasteiger charge is -2.61. The average Bonchev–Trinajstić information content (AvgIpc) is 3.05. The molecule has 1 N–H and O–H groups in total. The number of alkyl halides is 1. The molecule has 8 atom stereocenters. The zero-order valence-corrected chi connectivity index (χ0v) is 21.5. The van der Waals surface area contributed by atoms with Crippen LogP contribution in [0, 0.1) is 28.6 Å². The number of hydrogen-bond acceptors (Lipinski definition) is 7. The van der Waals surface area contributed by atoms with Crippen molar-refractivity contribution in [3.8, 4) is 0 Å². The molecule has 0 radical (unpaired) electrons. The van der Waals surface area contributed by atoms with E-state index in [1.54, 1.807) is 46.8 Å². The topological polar surface area (TPSA) is 107 Å². The summed E-state index contributed by atoms with van der Waals surface area (Å²) in [7, 11) is 0. The number of aliphatic hydroxyl groups excluding tert-OH is 1. The summed E-state index contributed by atoms with van der Waals surface area (Å²) in [4.78, 5) is 50.2. The van der Waals surface area contributed by atoms with Gasteiger partial charge in [-0.3, -0.25) is 19.2 Å². The SMILES string of the molecule is CCC(=O)OCC(=O)[C@]1(OC(=O)CC)[C@@H](C)C[C@H]2[C@@H]3C=CC4=CC(=O)C=C[C@]4(C)[C@@]3(F)[C@@H](O)C[C@@]21C. The molecule has 0 bridgehead atoms. The standard InChI is InChI=1S/C28H35FO7/c1-6-23(33)35-15-22(32)28(36-24(34)7-2)16(3)12-20-19-9-8-17-13-18(30)10-11-25(17,4)27(19,29)21(31)14-26(20,28)5/h8-11,13,16,19-21,31H,6-7,12,14-15H2,1-5H3/t16-,19-,20-,21-,25-,26-,27-,28+/m0/s1. The molecule has 7 nitrogen and oxygen atoms in total. The monoisotopic (exact) mass is 502 g/mol. The normalized spacial score (nSPS) is 42.6. The number of halogens is 1. The van der Waals surface area contributed by atoms with Crippen LogP contribution in [0.5, 0.6) is 0 Å². The van der Waals surface area contributed by atoms with Crippen LogP contribution in [0.25, 0.3) is 0 Å². The molecule has 4 aliphatic carbocycles. The fourth-order valence-corrected chi connectivity index (χ4v) is 7.47. The Balaban J connectivity index is 1.83. The van der Waals surface area contributed by atoms with Crippen LogP contribution in [-0.4, -0.2) is 52.6 Å². The first kappa shape index (κ1) is 26.5. The first-order valence-corrected chi connectivity index (χ1v) is 12.7. The van der Waals surface area contributed by atoms with E-state index in [2.05, 4.69) is 0 Å². The lowest BCUT2D eigenvalue weighted by Crippen LogP contribution is -2.69. The van der Waals surface area contributed by atoms with Crippen molar-refractivity contribution in [2.24, 2.45) is 28.6 Å². The van der Waals surface area contributed by atoms with Crippen LogP contribution in [0.15, 0.2) is 36.0 Å². The van der Waals surface area contributed by atoms with Crippen LogP contribution in [-0.2, 0) is 28.7 Å². The van der Waals surface area contributed by atoms with Gasteiger partial charge in [0, 0.05) is 35.5 Å². The molecule has 0 heterocycles. The first-order valence-electron chi connectivity index (χ1n) is 12.7. The van der Waals surface area contributed by atoms with E-state index in [1.807, 2.05) is 0 Å². The number of hydrogen-bond donors (Lipinski definition) is 1. The quantitative estimate of drug-likeness (QED) is 0.553. The number of Topliss-reactive ketones (excluding diaryl/α,β-unsaturated/α-hetero) is 1. The molecule has 2 saturated carbocycles. The smallest absolute Gasteiger partial charge is 0.306 e. The molecule has 8 heteroatoms. The second kappa shape index (κ2) is 8.75. The molecule has 4 rings (SSSR count). The fourth-order valence-electron chi connectivity index (χ4n) is 7.47. The number of esters is 2. The Morgan fingerprint density at radius 1 is 1.14 bits per heavy atom. The van der Waals surface area contributed by atoms with Crippen molar-refractivity contribution in [2.75, 3.05) is 6.61 Å². The van der Waals surface area contributed by atoms with Crippen molar-refractivity contribution < 1.29 is 38.1 Å². The summed E-state index contributed by atoms with van der Waals surface area (Å²) in [5, 5.41) is 11.5. The highest BCUT2D eigenvalue weighted by atomic mass is 19.1. The maximum absolute atomic E-state index is 17.3. The van der Waals surface area contributed by atoms with Gasteiger partial charge in [-0.1, -0.05) is 45.9 Å². The minimum absolute atomic E-state index is 0.0290. The summed E-state index contributed by atoms with van der Waals surface area (Å²) < 4.78 is 28.4. The highest BCUT2D eigenvalue weighted by Crippen LogP contribution is 2.70. The van der Waals surface area contributed by atoms with Gasteiger partial charge in [0.1, 0.15) is 0 Å². The van der Waals surface area contributed by atoms with Crippen molar-refractivity contribution in [3.63, 3.8) is 0 Å². The summed E-state index contributed by atoms with van der Waals surface area (Å²) in [6.45, 7) is 7.91. The van der Waals surface area contributed by atoms with Gasteiger partial charge >= 0.3 is 11.9 Å². The molecule has 0 spiro atoms. The molecule has 0 aromatic heterocycles. The highest BCUT2D eigenvalue weighted by molar-refractivity contribution is 6.01. The van der Waals surface area contributed by atoms with E-state index in [4.69, 9.17) is 9.47 Å². The molecular weight excluding hydrogens is 467 g/mol. The number of ketones is 2. The molecule has 196 valence electrons. The summed E-state index contributed by atoms with van der Waals surface area (Å²) in [5.74, 6) is -3.71. The Kier molecular flexibility index (Phi) is 6.43. The van der Waals surface area contributed by atoms with Gasteiger partial charge in [-0.25, -0.2) is 4.39 Å². The van der Waals surface area contributed by atoms with Crippen molar-refractivity contribution in [1.82, 2.24) is 0 Å². The molecule has 0 saturated heterocycles. The molecule has 0 aromatic carbocycles. The lowest BCUT2D eigenvalue weighted by molar-refractivity contribution is -0.218. The zero-order valence-electron chi connectivity index (χ0n) is 21.5.